The molecule has 126 valence electrons. The predicted octanol–water partition coefficient (Wildman–Crippen LogP) is 5.94. The Morgan fingerprint density at radius 2 is 1.65 bits per heavy atom. The normalized spacial score (nSPS) is 16.3. The fourth-order valence-corrected chi connectivity index (χ4v) is 12.1. The van der Waals surface area contributed by atoms with Crippen molar-refractivity contribution in [2.45, 2.75) is 76.9 Å². The topological polar surface area (TPSA) is 30.7 Å². The quantitative estimate of drug-likeness (QED) is 0.425. The lowest BCUT2D eigenvalue weighted by molar-refractivity contribution is 0.768. The van der Waals surface area contributed by atoms with Crippen LogP contribution in [0.5, 0.6) is 0 Å². The summed E-state index contributed by atoms with van der Waals surface area (Å²) >= 11 is 2.46. The third-order valence-corrected chi connectivity index (χ3v) is 13.2. The Labute approximate surface area is 154 Å². The average Bonchev–Trinajstić information content (AvgIpc) is 3.25. The summed E-state index contributed by atoms with van der Waals surface area (Å²) in [7, 11) is -1.76. The van der Waals surface area contributed by atoms with Crippen molar-refractivity contribution in [2.24, 2.45) is 0 Å². The van der Waals surface area contributed by atoms with E-state index in [1.165, 1.54) is 27.4 Å². The van der Waals surface area contributed by atoms with Crippen LogP contribution in [0.2, 0.25) is 16.6 Å². The third kappa shape index (κ3) is 2.67. The lowest BCUT2D eigenvalue weighted by Gasteiger charge is -2.44. The van der Waals surface area contributed by atoms with Crippen molar-refractivity contribution in [3.63, 3.8) is 0 Å². The number of fused-ring (bicyclic) bond motifs is 1. The second kappa shape index (κ2) is 6.13. The van der Waals surface area contributed by atoms with Gasteiger partial charge >= 0.3 is 0 Å². The summed E-state index contributed by atoms with van der Waals surface area (Å²) in [6.07, 6.45) is 6.94. The molecule has 23 heavy (non-hydrogen) atoms. The van der Waals surface area contributed by atoms with Gasteiger partial charge in [-0.2, -0.15) is 0 Å². The molecule has 0 saturated heterocycles. The van der Waals surface area contributed by atoms with Gasteiger partial charge in [-0.1, -0.05) is 41.5 Å². The van der Waals surface area contributed by atoms with Crippen LogP contribution in [0.25, 0.3) is 11.0 Å². The van der Waals surface area contributed by atoms with Crippen LogP contribution in [-0.2, 0) is 0 Å². The van der Waals surface area contributed by atoms with Crippen LogP contribution in [0.15, 0.2) is 12.4 Å². The fraction of sp³-hybridized carbons (Fsp3) is 0.667. The Morgan fingerprint density at radius 3 is 2.13 bits per heavy atom. The van der Waals surface area contributed by atoms with Gasteiger partial charge in [-0.15, -0.1) is 0 Å². The number of nitrogens with zero attached hydrogens (tertiary/aromatic N) is 3. The van der Waals surface area contributed by atoms with Crippen molar-refractivity contribution in [1.82, 2.24) is 14.2 Å². The van der Waals surface area contributed by atoms with Gasteiger partial charge in [-0.05, 0) is 52.1 Å². The van der Waals surface area contributed by atoms with E-state index in [4.69, 9.17) is 4.98 Å². The molecule has 0 aliphatic heterocycles. The first kappa shape index (κ1) is 17.4. The van der Waals surface area contributed by atoms with Gasteiger partial charge in [-0.25, -0.2) is 9.97 Å². The van der Waals surface area contributed by atoms with Gasteiger partial charge in [0.1, 0.15) is 11.5 Å². The minimum absolute atomic E-state index is 0.605. The van der Waals surface area contributed by atoms with Crippen molar-refractivity contribution >= 4 is 41.9 Å². The summed E-state index contributed by atoms with van der Waals surface area (Å²) in [6.45, 7) is 14.5. The highest BCUT2D eigenvalue weighted by Gasteiger charge is 2.46. The zero-order valence-electron chi connectivity index (χ0n) is 15.1. The van der Waals surface area contributed by atoms with E-state index in [0.29, 0.717) is 22.5 Å². The Morgan fingerprint density at radius 1 is 1.09 bits per heavy atom. The minimum Gasteiger partial charge on any atom is -0.357 e. The van der Waals surface area contributed by atoms with Crippen LogP contribution in [0.3, 0.4) is 0 Å². The van der Waals surface area contributed by atoms with Crippen LogP contribution in [0.1, 0.15) is 66.1 Å². The zero-order chi connectivity index (χ0) is 16.9. The fourth-order valence-electron chi connectivity index (χ4n) is 4.65. The zero-order valence-corrected chi connectivity index (χ0v) is 18.3. The first-order chi connectivity index (χ1) is 10.8. The Hall–Kier alpha value is -0.433. The molecule has 1 saturated carbocycles. The highest BCUT2D eigenvalue weighted by Crippen LogP contribution is 2.45. The molecule has 3 nitrogen and oxygen atoms in total. The number of hydrogen-bond donors (Lipinski definition) is 0. The minimum atomic E-state index is -1.76. The monoisotopic (exact) mass is 441 g/mol. The van der Waals surface area contributed by atoms with Crippen LogP contribution in [-0.4, -0.2) is 22.4 Å². The van der Waals surface area contributed by atoms with Crippen molar-refractivity contribution in [2.75, 3.05) is 0 Å². The standard InChI is InChI=1S/C18H28IN3Si/c1-11(2)23(12(3)4,13(5)6)22-10-16(19)15-9-20-17(14-7-8-14)21-18(15)22/h9-14H,7-8H2,1-6H3. The molecule has 0 radical (unpaired) electrons. The van der Waals surface area contributed by atoms with E-state index in [9.17, 15) is 0 Å². The van der Waals surface area contributed by atoms with Crippen molar-refractivity contribution in [3.8, 4) is 0 Å². The molecule has 2 aromatic rings. The van der Waals surface area contributed by atoms with Gasteiger partial charge in [0.05, 0.1) is 0 Å². The molecule has 5 heteroatoms. The van der Waals surface area contributed by atoms with Gasteiger partial charge in [0.15, 0.2) is 8.24 Å². The van der Waals surface area contributed by atoms with E-state index in [1.807, 2.05) is 0 Å². The van der Waals surface area contributed by atoms with E-state index in [1.54, 1.807) is 0 Å². The molecule has 0 spiro atoms. The second-order valence-corrected chi connectivity index (χ2v) is 14.8. The Bertz CT molecular complexity index is 695. The number of rotatable bonds is 5. The van der Waals surface area contributed by atoms with Crippen molar-refractivity contribution in [1.29, 1.82) is 0 Å². The molecule has 2 aromatic heterocycles. The van der Waals surface area contributed by atoms with Gasteiger partial charge in [0, 0.05) is 27.3 Å². The van der Waals surface area contributed by atoms with Gasteiger partial charge in [0.25, 0.3) is 0 Å². The van der Waals surface area contributed by atoms with Gasteiger partial charge < -0.3 is 4.23 Å². The van der Waals surface area contributed by atoms with Crippen LogP contribution < -0.4 is 0 Å². The van der Waals surface area contributed by atoms with Crippen LogP contribution in [0, 0.1) is 3.57 Å². The largest absolute Gasteiger partial charge is 0.357 e. The van der Waals surface area contributed by atoms with E-state index < -0.39 is 8.24 Å². The third-order valence-electron chi connectivity index (χ3n) is 5.65. The maximum Gasteiger partial charge on any atom is 0.171 e. The molecule has 0 amide bonds. The van der Waals surface area contributed by atoms with Crippen molar-refractivity contribution < 1.29 is 0 Å². The summed E-state index contributed by atoms with van der Waals surface area (Å²) < 4.78 is 3.91. The van der Waals surface area contributed by atoms with E-state index in [2.05, 4.69) is 85.7 Å². The highest BCUT2D eigenvalue weighted by atomic mass is 127. The van der Waals surface area contributed by atoms with Gasteiger partial charge in [-0.3, -0.25) is 0 Å². The molecule has 1 fully saturated rings. The number of halogens is 1. The molecular formula is C18H28IN3Si. The molecule has 3 rings (SSSR count). The summed E-state index contributed by atoms with van der Waals surface area (Å²) in [4.78, 5) is 9.70. The summed E-state index contributed by atoms with van der Waals surface area (Å²) in [5.74, 6) is 1.67. The molecular weight excluding hydrogens is 413 g/mol. The lowest BCUT2D eigenvalue weighted by Crippen LogP contribution is -2.51. The van der Waals surface area contributed by atoms with Gasteiger partial charge in [0.2, 0.25) is 0 Å². The predicted molar refractivity (Wildman–Crippen MR) is 109 cm³/mol. The number of aromatic nitrogens is 3. The summed E-state index contributed by atoms with van der Waals surface area (Å²) in [5.41, 5.74) is 3.21. The maximum absolute atomic E-state index is 5.05. The second-order valence-electron chi connectivity index (χ2n) is 7.94. The molecule has 0 atom stereocenters. The maximum atomic E-state index is 5.05. The van der Waals surface area contributed by atoms with Crippen LogP contribution in [0.4, 0.5) is 0 Å². The van der Waals surface area contributed by atoms with E-state index in [-0.39, 0.29) is 0 Å². The molecule has 1 aliphatic carbocycles. The highest BCUT2D eigenvalue weighted by molar-refractivity contribution is 14.1. The smallest absolute Gasteiger partial charge is 0.171 e. The first-order valence-electron chi connectivity index (χ1n) is 8.84. The molecule has 0 N–H and O–H groups in total. The van der Waals surface area contributed by atoms with E-state index in [0.717, 1.165) is 5.82 Å². The summed E-state index contributed by atoms with van der Waals surface area (Å²) in [5, 5.41) is 1.23. The molecule has 2 heterocycles. The lowest BCUT2D eigenvalue weighted by atomic mass is 10.3. The Balaban J connectivity index is 2.29. The van der Waals surface area contributed by atoms with Crippen LogP contribution >= 0.6 is 22.6 Å². The SMILES string of the molecule is CC(C)[Si](C(C)C)(C(C)C)n1cc(I)c2cnc(C3CC3)nc21. The molecule has 0 aromatic carbocycles. The molecule has 0 bridgehead atoms. The molecule has 1 aliphatic rings. The Kier molecular flexibility index (Phi) is 4.64. The number of hydrogen-bond acceptors (Lipinski definition) is 2. The van der Waals surface area contributed by atoms with E-state index >= 15 is 0 Å². The van der Waals surface area contributed by atoms with Crippen molar-refractivity contribution in [3.05, 3.63) is 21.8 Å². The summed E-state index contributed by atoms with van der Waals surface area (Å²) in [6, 6.07) is 0. The average molecular weight is 441 g/mol. The first-order valence-corrected chi connectivity index (χ1v) is 12.1. The molecule has 0 unspecified atom stereocenters.